The number of nitrogens with one attached hydrogen (secondary N) is 2. The van der Waals surface area contributed by atoms with Crippen LogP contribution in [0.25, 0.3) is 0 Å². The Bertz CT molecular complexity index is 939. The summed E-state index contributed by atoms with van der Waals surface area (Å²) in [7, 11) is 0. The summed E-state index contributed by atoms with van der Waals surface area (Å²) in [5, 5.41) is 5.89. The SMILES string of the molecule is O=C(NC1C(=O)Nc2ccccc21)C(=O)N1CCC(Oc2ccc(Cl)cc2)CC1. The summed E-state index contributed by atoms with van der Waals surface area (Å²) >= 11 is 5.87. The molecule has 8 heteroatoms. The van der Waals surface area contributed by atoms with Crippen molar-refractivity contribution in [3.8, 4) is 5.75 Å². The Labute approximate surface area is 173 Å². The van der Waals surface area contributed by atoms with E-state index < -0.39 is 17.9 Å². The number of rotatable bonds is 3. The fraction of sp³-hybridized carbons (Fsp3) is 0.286. The Balaban J connectivity index is 1.31. The Morgan fingerprint density at radius 2 is 1.76 bits per heavy atom. The molecule has 0 bridgehead atoms. The Morgan fingerprint density at radius 3 is 2.48 bits per heavy atom. The first kappa shape index (κ1) is 19.3. The highest BCUT2D eigenvalue weighted by atomic mass is 35.5. The minimum absolute atomic E-state index is 0.0317. The van der Waals surface area contributed by atoms with Crippen LogP contribution in [0.4, 0.5) is 5.69 Å². The molecular weight excluding hydrogens is 394 g/mol. The number of para-hydroxylation sites is 1. The number of anilines is 1. The zero-order chi connectivity index (χ0) is 20.4. The van der Waals surface area contributed by atoms with Gasteiger partial charge in [-0.3, -0.25) is 14.4 Å². The third-order valence-electron chi connectivity index (χ3n) is 5.11. The highest BCUT2D eigenvalue weighted by Gasteiger charge is 2.35. The van der Waals surface area contributed by atoms with E-state index in [0.717, 1.165) is 5.75 Å². The van der Waals surface area contributed by atoms with Gasteiger partial charge in [0.1, 0.15) is 17.9 Å². The Morgan fingerprint density at radius 1 is 1.07 bits per heavy atom. The second-order valence-corrected chi connectivity index (χ2v) is 7.48. The maximum atomic E-state index is 12.5. The second kappa shape index (κ2) is 8.13. The smallest absolute Gasteiger partial charge is 0.311 e. The van der Waals surface area contributed by atoms with Gasteiger partial charge in [-0.25, -0.2) is 0 Å². The van der Waals surface area contributed by atoms with E-state index in [0.29, 0.717) is 42.2 Å². The third kappa shape index (κ3) is 4.19. The predicted octanol–water partition coefficient (Wildman–Crippen LogP) is 2.52. The van der Waals surface area contributed by atoms with Crippen molar-refractivity contribution in [2.24, 2.45) is 0 Å². The quantitative estimate of drug-likeness (QED) is 0.757. The van der Waals surface area contributed by atoms with Crippen molar-refractivity contribution in [1.29, 1.82) is 0 Å². The van der Waals surface area contributed by atoms with E-state index in [4.69, 9.17) is 16.3 Å². The van der Waals surface area contributed by atoms with Gasteiger partial charge in [0.05, 0.1) is 0 Å². The average Bonchev–Trinajstić information content (AvgIpc) is 3.05. The molecule has 3 amide bonds. The van der Waals surface area contributed by atoms with Crippen LogP contribution in [0, 0.1) is 0 Å². The monoisotopic (exact) mass is 413 g/mol. The first-order valence-electron chi connectivity index (χ1n) is 9.43. The summed E-state index contributed by atoms with van der Waals surface area (Å²) < 4.78 is 5.91. The van der Waals surface area contributed by atoms with E-state index in [1.54, 1.807) is 48.5 Å². The number of amides is 3. The van der Waals surface area contributed by atoms with Gasteiger partial charge >= 0.3 is 11.8 Å². The van der Waals surface area contributed by atoms with Gasteiger partial charge in [-0.2, -0.15) is 0 Å². The highest BCUT2D eigenvalue weighted by molar-refractivity contribution is 6.35. The van der Waals surface area contributed by atoms with E-state index in [2.05, 4.69) is 10.6 Å². The van der Waals surface area contributed by atoms with Crippen molar-refractivity contribution in [3.05, 3.63) is 59.1 Å². The van der Waals surface area contributed by atoms with Gasteiger partial charge in [-0.15, -0.1) is 0 Å². The number of benzene rings is 2. The maximum absolute atomic E-state index is 12.5. The van der Waals surface area contributed by atoms with Crippen molar-refractivity contribution in [3.63, 3.8) is 0 Å². The molecule has 7 nitrogen and oxygen atoms in total. The normalized spacial score (nSPS) is 18.7. The van der Waals surface area contributed by atoms with Crippen LogP contribution in [-0.4, -0.2) is 41.8 Å². The molecular formula is C21H20ClN3O4. The molecule has 2 heterocycles. The standard InChI is InChI=1S/C21H20ClN3O4/c22-13-5-7-14(8-6-13)29-15-9-11-25(12-10-15)21(28)20(27)24-18-16-3-1-2-4-17(16)23-19(18)26/h1-8,15,18H,9-12H2,(H,23,26)(H,24,27). The largest absolute Gasteiger partial charge is 0.490 e. The molecule has 1 saturated heterocycles. The minimum atomic E-state index is -0.853. The third-order valence-corrected chi connectivity index (χ3v) is 5.36. The summed E-state index contributed by atoms with van der Waals surface area (Å²) in [5.41, 5.74) is 1.31. The highest BCUT2D eigenvalue weighted by Crippen LogP contribution is 2.30. The summed E-state index contributed by atoms with van der Waals surface area (Å²) in [4.78, 5) is 38.6. The molecule has 0 saturated carbocycles. The molecule has 2 aromatic rings. The zero-order valence-electron chi connectivity index (χ0n) is 15.6. The first-order chi connectivity index (χ1) is 14.0. The summed E-state index contributed by atoms with van der Waals surface area (Å²) in [6, 6.07) is 13.4. The lowest BCUT2D eigenvalue weighted by molar-refractivity contribution is -0.147. The van der Waals surface area contributed by atoms with E-state index in [9.17, 15) is 14.4 Å². The van der Waals surface area contributed by atoms with Crippen LogP contribution in [-0.2, 0) is 14.4 Å². The number of ether oxygens (including phenoxy) is 1. The molecule has 1 unspecified atom stereocenters. The fourth-order valence-electron chi connectivity index (χ4n) is 3.57. The summed E-state index contributed by atoms with van der Waals surface area (Å²) in [5.74, 6) is -1.03. The average molecular weight is 414 g/mol. The van der Waals surface area contributed by atoms with Crippen LogP contribution >= 0.6 is 11.6 Å². The van der Waals surface area contributed by atoms with E-state index in [-0.39, 0.29) is 12.0 Å². The van der Waals surface area contributed by atoms with Crippen LogP contribution in [0.2, 0.25) is 5.02 Å². The van der Waals surface area contributed by atoms with E-state index in [1.165, 1.54) is 4.90 Å². The van der Waals surface area contributed by atoms with Crippen molar-refractivity contribution in [1.82, 2.24) is 10.2 Å². The molecule has 2 aliphatic rings. The Kier molecular flexibility index (Phi) is 5.40. The number of hydrogen-bond donors (Lipinski definition) is 2. The van der Waals surface area contributed by atoms with Crippen LogP contribution < -0.4 is 15.4 Å². The molecule has 150 valence electrons. The fourth-order valence-corrected chi connectivity index (χ4v) is 3.70. The summed E-state index contributed by atoms with van der Waals surface area (Å²) in [6.45, 7) is 0.829. The van der Waals surface area contributed by atoms with E-state index >= 15 is 0 Å². The van der Waals surface area contributed by atoms with Crippen molar-refractivity contribution < 1.29 is 19.1 Å². The molecule has 0 aliphatic carbocycles. The minimum Gasteiger partial charge on any atom is -0.490 e. The van der Waals surface area contributed by atoms with Crippen molar-refractivity contribution in [2.45, 2.75) is 25.0 Å². The van der Waals surface area contributed by atoms with Gasteiger partial charge in [0.2, 0.25) is 0 Å². The number of carbonyl (C=O) groups is 3. The van der Waals surface area contributed by atoms with Gasteiger partial charge in [-0.05, 0) is 30.3 Å². The summed E-state index contributed by atoms with van der Waals surface area (Å²) in [6.07, 6.45) is 1.21. The first-order valence-corrected chi connectivity index (χ1v) is 9.81. The van der Waals surface area contributed by atoms with Crippen LogP contribution in [0.15, 0.2) is 48.5 Å². The molecule has 0 radical (unpaired) electrons. The number of piperidine rings is 1. The lowest BCUT2D eigenvalue weighted by Crippen LogP contribution is -2.49. The lowest BCUT2D eigenvalue weighted by Gasteiger charge is -2.32. The van der Waals surface area contributed by atoms with E-state index in [1.807, 2.05) is 0 Å². The molecule has 2 aromatic carbocycles. The molecule has 1 atom stereocenters. The number of halogens is 1. The molecule has 1 fully saturated rings. The lowest BCUT2D eigenvalue weighted by atomic mass is 10.1. The predicted molar refractivity (Wildman–Crippen MR) is 108 cm³/mol. The molecule has 29 heavy (non-hydrogen) atoms. The van der Waals surface area contributed by atoms with Gasteiger partial charge in [0.25, 0.3) is 5.91 Å². The number of likely N-dealkylation sites (tertiary alicyclic amines) is 1. The van der Waals surface area contributed by atoms with Gasteiger partial charge in [0, 0.05) is 42.2 Å². The topological polar surface area (TPSA) is 87.7 Å². The van der Waals surface area contributed by atoms with Crippen molar-refractivity contribution in [2.75, 3.05) is 18.4 Å². The van der Waals surface area contributed by atoms with Crippen LogP contribution in [0.1, 0.15) is 24.4 Å². The second-order valence-electron chi connectivity index (χ2n) is 7.05. The van der Waals surface area contributed by atoms with Gasteiger partial charge in [0.15, 0.2) is 0 Å². The zero-order valence-corrected chi connectivity index (χ0v) is 16.3. The molecule has 2 aliphatic heterocycles. The number of nitrogens with zero attached hydrogens (tertiary/aromatic N) is 1. The van der Waals surface area contributed by atoms with Crippen LogP contribution in [0.3, 0.4) is 0 Å². The van der Waals surface area contributed by atoms with Crippen LogP contribution in [0.5, 0.6) is 5.75 Å². The van der Waals surface area contributed by atoms with Crippen molar-refractivity contribution >= 4 is 35.0 Å². The molecule has 4 rings (SSSR count). The van der Waals surface area contributed by atoms with Gasteiger partial charge < -0.3 is 20.3 Å². The Hall–Kier alpha value is -3.06. The number of carbonyl (C=O) groups excluding carboxylic acids is 3. The number of fused-ring (bicyclic) bond motifs is 1. The number of hydrogen-bond acceptors (Lipinski definition) is 4. The molecule has 2 N–H and O–H groups in total. The molecule has 0 spiro atoms. The van der Waals surface area contributed by atoms with Gasteiger partial charge in [-0.1, -0.05) is 29.8 Å². The molecule has 0 aromatic heterocycles. The maximum Gasteiger partial charge on any atom is 0.311 e.